The molecule has 3 rings (SSSR count). The maximum atomic E-state index is 9.13. The molecule has 0 fully saturated rings. The first kappa shape index (κ1) is 14.2. The number of oxime groups is 1. The van der Waals surface area contributed by atoms with Gasteiger partial charge in [-0.25, -0.2) is 0 Å². The lowest BCUT2D eigenvalue weighted by Gasteiger charge is -2.32. The molecule has 3 nitrogen and oxygen atoms in total. The number of para-hydroxylation sites is 1. The molecule has 0 atom stereocenters. The Balaban J connectivity index is 1.98. The van der Waals surface area contributed by atoms with E-state index in [1.165, 1.54) is 0 Å². The van der Waals surface area contributed by atoms with Crippen LogP contribution in [0.1, 0.15) is 17.5 Å². The van der Waals surface area contributed by atoms with Crippen molar-refractivity contribution in [1.29, 1.82) is 0 Å². The van der Waals surface area contributed by atoms with Crippen LogP contribution < -0.4 is 4.90 Å². The summed E-state index contributed by atoms with van der Waals surface area (Å²) in [6.45, 7) is 1.40. The van der Waals surface area contributed by atoms with E-state index in [9.17, 15) is 0 Å². The minimum atomic E-state index is 0.633. The zero-order valence-corrected chi connectivity index (χ0v) is 12.8. The third kappa shape index (κ3) is 2.71. The van der Waals surface area contributed by atoms with Crippen molar-refractivity contribution in [1.82, 2.24) is 0 Å². The molecular weight excluding hydrogens is 307 g/mol. The summed E-state index contributed by atoms with van der Waals surface area (Å²) >= 11 is 12.5. The van der Waals surface area contributed by atoms with Crippen LogP contribution in [-0.4, -0.2) is 17.5 Å². The van der Waals surface area contributed by atoms with Crippen molar-refractivity contribution in [2.75, 3.05) is 11.4 Å². The molecule has 0 saturated carbocycles. The van der Waals surface area contributed by atoms with Gasteiger partial charge < -0.3 is 10.1 Å². The van der Waals surface area contributed by atoms with E-state index in [4.69, 9.17) is 28.4 Å². The number of halogens is 2. The van der Waals surface area contributed by atoms with Crippen molar-refractivity contribution >= 4 is 34.6 Å². The summed E-state index contributed by atoms with van der Waals surface area (Å²) in [6, 6.07) is 13.4. The number of benzene rings is 2. The molecule has 0 amide bonds. The molecule has 1 N–H and O–H groups in total. The van der Waals surface area contributed by atoms with E-state index in [1.807, 2.05) is 42.5 Å². The highest BCUT2D eigenvalue weighted by atomic mass is 35.5. The molecule has 2 aromatic carbocycles. The van der Waals surface area contributed by atoms with E-state index >= 15 is 0 Å². The highest BCUT2D eigenvalue weighted by Crippen LogP contribution is 2.32. The Hall–Kier alpha value is -1.71. The van der Waals surface area contributed by atoms with Crippen LogP contribution in [0.5, 0.6) is 0 Å². The second-order valence-corrected chi connectivity index (χ2v) is 5.75. The van der Waals surface area contributed by atoms with Crippen LogP contribution in [0.2, 0.25) is 10.0 Å². The molecule has 21 heavy (non-hydrogen) atoms. The number of nitrogens with zero attached hydrogens (tertiary/aromatic N) is 2. The SMILES string of the molecule is ON=C1CCN(Cc2c(Cl)cccc2Cl)c2ccccc21. The Morgan fingerprint density at radius 1 is 1.05 bits per heavy atom. The van der Waals surface area contributed by atoms with Crippen molar-refractivity contribution in [3.8, 4) is 0 Å². The lowest BCUT2D eigenvalue weighted by atomic mass is 9.99. The molecule has 0 bridgehead atoms. The van der Waals surface area contributed by atoms with Crippen molar-refractivity contribution in [2.45, 2.75) is 13.0 Å². The van der Waals surface area contributed by atoms with Crippen LogP contribution in [0.3, 0.4) is 0 Å². The zero-order chi connectivity index (χ0) is 14.8. The van der Waals surface area contributed by atoms with Crippen LogP contribution in [-0.2, 0) is 6.54 Å². The summed E-state index contributed by atoms with van der Waals surface area (Å²) in [7, 11) is 0. The fourth-order valence-electron chi connectivity index (χ4n) is 2.63. The van der Waals surface area contributed by atoms with Gasteiger partial charge in [-0.3, -0.25) is 0 Å². The normalized spacial score (nSPS) is 16.1. The Kier molecular flexibility index (Phi) is 4.04. The van der Waals surface area contributed by atoms with Gasteiger partial charge in [-0.2, -0.15) is 0 Å². The van der Waals surface area contributed by atoms with E-state index < -0.39 is 0 Å². The quantitative estimate of drug-likeness (QED) is 0.649. The first-order chi connectivity index (χ1) is 10.2. The molecule has 2 aromatic rings. The summed E-state index contributed by atoms with van der Waals surface area (Å²) in [5.74, 6) is 0. The second kappa shape index (κ2) is 5.96. The Morgan fingerprint density at radius 2 is 1.76 bits per heavy atom. The number of anilines is 1. The Morgan fingerprint density at radius 3 is 2.48 bits per heavy atom. The molecule has 1 heterocycles. The zero-order valence-electron chi connectivity index (χ0n) is 11.3. The minimum Gasteiger partial charge on any atom is -0.411 e. The van der Waals surface area contributed by atoms with Gasteiger partial charge in [0.15, 0.2) is 0 Å². The largest absolute Gasteiger partial charge is 0.411 e. The molecule has 1 aliphatic heterocycles. The molecular formula is C16H14Cl2N2O. The predicted molar refractivity (Wildman–Crippen MR) is 86.9 cm³/mol. The topological polar surface area (TPSA) is 35.8 Å². The third-order valence-electron chi connectivity index (χ3n) is 3.71. The van der Waals surface area contributed by atoms with Gasteiger partial charge in [-0.1, -0.05) is 52.6 Å². The summed E-state index contributed by atoms with van der Waals surface area (Å²) in [6.07, 6.45) is 0.690. The van der Waals surface area contributed by atoms with Crippen LogP contribution in [0.25, 0.3) is 0 Å². The van der Waals surface area contributed by atoms with Crippen LogP contribution in [0.4, 0.5) is 5.69 Å². The van der Waals surface area contributed by atoms with E-state index in [-0.39, 0.29) is 0 Å². The van der Waals surface area contributed by atoms with Crippen molar-refractivity contribution in [2.24, 2.45) is 5.16 Å². The maximum absolute atomic E-state index is 9.13. The number of fused-ring (bicyclic) bond motifs is 1. The van der Waals surface area contributed by atoms with Gasteiger partial charge >= 0.3 is 0 Å². The number of rotatable bonds is 2. The first-order valence-electron chi connectivity index (χ1n) is 6.69. The second-order valence-electron chi connectivity index (χ2n) is 4.94. The van der Waals surface area contributed by atoms with Gasteiger partial charge in [0.25, 0.3) is 0 Å². The molecule has 0 aliphatic carbocycles. The van der Waals surface area contributed by atoms with Gasteiger partial charge in [-0.15, -0.1) is 0 Å². The van der Waals surface area contributed by atoms with Crippen molar-refractivity contribution < 1.29 is 5.21 Å². The fourth-order valence-corrected chi connectivity index (χ4v) is 3.15. The monoisotopic (exact) mass is 320 g/mol. The van der Waals surface area contributed by atoms with E-state index in [1.54, 1.807) is 0 Å². The van der Waals surface area contributed by atoms with E-state index in [2.05, 4.69) is 10.1 Å². The number of hydrogen-bond donors (Lipinski definition) is 1. The van der Waals surface area contributed by atoms with Crippen LogP contribution in [0.15, 0.2) is 47.6 Å². The molecule has 5 heteroatoms. The van der Waals surface area contributed by atoms with Crippen LogP contribution >= 0.6 is 23.2 Å². The Labute approximate surface area is 133 Å². The molecule has 0 saturated heterocycles. The van der Waals surface area contributed by atoms with Crippen LogP contribution in [0, 0.1) is 0 Å². The van der Waals surface area contributed by atoms with E-state index in [0.29, 0.717) is 28.7 Å². The van der Waals surface area contributed by atoms with Gasteiger partial charge in [0.05, 0.1) is 5.71 Å². The smallest absolute Gasteiger partial charge is 0.0906 e. The summed E-state index contributed by atoms with van der Waals surface area (Å²) in [5, 5.41) is 13.9. The summed E-state index contributed by atoms with van der Waals surface area (Å²) < 4.78 is 0. The first-order valence-corrected chi connectivity index (χ1v) is 7.44. The van der Waals surface area contributed by atoms with E-state index in [0.717, 1.165) is 23.4 Å². The molecule has 0 aromatic heterocycles. The number of hydrogen-bond acceptors (Lipinski definition) is 3. The summed E-state index contributed by atoms with van der Waals surface area (Å²) in [4.78, 5) is 2.21. The van der Waals surface area contributed by atoms with Crippen molar-refractivity contribution in [3.05, 3.63) is 63.6 Å². The minimum absolute atomic E-state index is 0.633. The Bertz CT molecular complexity index is 680. The molecule has 0 unspecified atom stereocenters. The van der Waals surface area contributed by atoms with Gasteiger partial charge in [0.2, 0.25) is 0 Å². The highest BCUT2D eigenvalue weighted by Gasteiger charge is 2.22. The molecule has 108 valence electrons. The molecule has 0 radical (unpaired) electrons. The molecule has 0 spiro atoms. The third-order valence-corrected chi connectivity index (χ3v) is 4.41. The lowest BCUT2D eigenvalue weighted by Crippen LogP contribution is -2.32. The standard InChI is InChI=1S/C16H14Cl2N2O/c17-13-5-3-6-14(18)12(13)10-20-9-8-15(19-21)11-4-1-2-7-16(11)20/h1-7,21H,8-10H2. The highest BCUT2D eigenvalue weighted by molar-refractivity contribution is 6.36. The summed E-state index contributed by atoms with van der Waals surface area (Å²) in [5.41, 5.74) is 3.62. The van der Waals surface area contributed by atoms with Crippen molar-refractivity contribution in [3.63, 3.8) is 0 Å². The lowest BCUT2D eigenvalue weighted by molar-refractivity contribution is 0.317. The molecule has 1 aliphatic rings. The predicted octanol–water partition coefficient (Wildman–Crippen LogP) is 4.58. The van der Waals surface area contributed by atoms with Gasteiger partial charge in [-0.05, 0) is 18.2 Å². The van der Waals surface area contributed by atoms with Gasteiger partial charge in [0.1, 0.15) is 0 Å². The fraction of sp³-hybridized carbons (Fsp3) is 0.188. The maximum Gasteiger partial charge on any atom is 0.0906 e. The average molecular weight is 321 g/mol. The average Bonchev–Trinajstić information content (AvgIpc) is 2.51. The van der Waals surface area contributed by atoms with Gasteiger partial charge in [0, 0.05) is 46.4 Å².